The SMILES string of the molecule is CCc1ccc(N=C2C=CC3c4c2c(O)c2ccccc2c4-c2cc(CC)ccc2N3CC)cc1. The van der Waals surface area contributed by atoms with E-state index in [2.05, 4.69) is 92.4 Å². The van der Waals surface area contributed by atoms with E-state index in [1.54, 1.807) is 0 Å². The monoisotopic (exact) mass is 458 g/mol. The Kier molecular flexibility index (Phi) is 5.21. The Morgan fingerprint density at radius 1 is 0.829 bits per heavy atom. The summed E-state index contributed by atoms with van der Waals surface area (Å²) >= 11 is 0. The number of fused-ring (bicyclic) bond motifs is 4. The molecule has 1 aliphatic carbocycles. The summed E-state index contributed by atoms with van der Waals surface area (Å²) in [5, 5.41) is 13.6. The third-order valence-electron chi connectivity index (χ3n) is 7.53. The second-order valence-corrected chi connectivity index (χ2v) is 9.37. The molecule has 4 aromatic carbocycles. The number of anilines is 1. The average molecular weight is 459 g/mol. The average Bonchev–Trinajstić information content (AvgIpc) is 2.91. The minimum absolute atomic E-state index is 0.0573. The Bertz CT molecular complexity index is 1510. The highest BCUT2D eigenvalue weighted by Crippen LogP contribution is 2.53. The van der Waals surface area contributed by atoms with E-state index in [0.717, 1.165) is 52.7 Å². The molecule has 0 aromatic heterocycles. The number of aryl methyl sites for hydroxylation is 2. The molecule has 0 saturated carbocycles. The number of benzene rings is 4. The van der Waals surface area contributed by atoms with Crippen molar-refractivity contribution >= 4 is 27.9 Å². The summed E-state index contributed by atoms with van der Waals surface area (Å²) in [6, 6.07) is 23.5. The van der Waals surface area contributed by atoms with Gasteiger partial charge in [0.25, 0.3) is 0 Å². The van der Waals surface area contributed by atoms with Gasteiger partial charge in [-0.25, -0.2) is 4.99 Å². The van der Waals surface area contributed by atoms with Crippen LogP contribution in [0.15, 0.2) is 83.9 Å². The van der Waals surface area contributed by atoms with Gasteiger partial charge >= 0.3 is 0 Å². The van der Waals surface area contributed by atoms with Gasteiger partial charge in [-0.3, -0.25) is 0 Å². The van der Waals surface area contributed by atoms with Crippen molar-refractivity contribution in [3.05, 3.63) is 101 Å². The molecule has 1 atom stereocenters. The van der Waals surface area contributed by atoms with Crippen molar-refractivity contribution in [2.45, 2.75) is 39.7 Å². The van der Waals surface area contributed by atoms with Crippen LogP contribution in [-0.4, -0.2) is 17.4 Å². The lowest BCUT2D eigenvalue weighted by atomic mass is 9.77. The van der Waals surface area contributed by atoms with Crippen molar-refractivity contribution in [3.63, 3.8) is 0 Å². The van der Waals surface area contributed by atoms with Crippen LogP contribution in [0, 0.1) is 0 Å². The molecule has 1 unspecified atom stereocenters. The van der Waals surface area contributed by atoms with Gasteiger partial charge in [0.15, 0.2) is 0 Å². The van der Waals surface area contributed by atoms with E-state index in [-0.39, 0.29) is 6.04 Å². The molecule has 0 fully saturated rings. The number of hydrogen-bond acceptors (Lipinski definition) is 3. The molecule has 1 heterocycles. The van der Waals surface area contributed by atoms with Gasteiger partial charge in [-0.2, -0.15) is 0 Å². The number of rotatable bonds is 4. The van der Waals surface area contributed by atoms with Gasteiger partial charge in [-0.1, -0.05) is 62.4 Å². The third-order valence-corrected chi connectivity index (χ3v) is 7.53. The lowest BCUT2D eigenvalue weighted by Crippen LogP contribution is -2.34. The Morgan fingerprint density at radius 3 is 2.26 bits per heavy atom. The molecule has 1 aliphatic heterocycles. The van der Waals surface area contributed by atoms with Crippen LogP contribution in [0.2, 0.25) is 0 Å². The molecule has 3 heteroatoms. The second-order valence-electron chi connectivity index (χ2n) is 9.37. The van der Waals surface area contributed by atoms with E-state index >= 15 is 0 Å². The summed E-state index contributed by atoms with van der Waals surface area (Å²) in [6.45, 7) is 7.44. The van der Waals surface area contributed by atoms with Crippen LogP contribution in [0.1, 0.15) is 49.1 Å². The minimum Gasteiger partial charge on any atom is -0.507 e. The first-order chi connectivity index (χ1) is 17.1. The van der Waals surface area contributed by atoms with Crippen molar-refractivity contribution in [3.8, 4) is 16.9 Å². The first-order valence-corrected chi connectivity index (χ1v) is 12.7. The highest BCUT2D eigenvalue weighted by molar-refractivity contribution is 6.21. The summed E-state index contributed by atoms with van der Waals surface area (Å²) in [5.74, 6) is 0.323. The molecule has 1 N–H and O–H groups in total. The molecule has 2 aliphatic rings. The van der Waals surface area contributed by atoms with Crippen LogP contribution in [-0.2, 0) is 12.8 Å². The van der Waals surface area contributed by atoms with E-state index in [1.807, 2.05) is 12.1 Å². The third kappa shape index (κ3) is 3.30. The predicted octanol–water partition coefficient (Wildman–Crippen LogP) is 7.91. The number of likely N-dealkylation sites (N-methyl/N-ethyl adjacent to an activating group) is 1. The Hall–Kier alpha value is -3.85. The van der Waals surface area contributed by atoms with Crippen molar-refractivity contribution in [2.24, 2.45) is 4.99 Å². The topological polar surface area (TPSA) is 35.8 Å². The molecule has 174 valence electrons. The van der Waals surface area contributed by atoms with E-state index in [0.29, 0.717) is 5.75 Å². The number of phenolic OH excluding ortho intramolecular Hbond substituents is 1. The molecule has 3 nitrogen and oxygen atoms in total. The largest absolute Gasteiger partial charge is 0.507 e. The van der Waals surface area contributed by atoms with Crippen molar-refractivity contribution in [1.29, 1.82) is 0 Å². The lowest BCUT2D eigenvalue weighted by Gasteiger charge is -2.42. The normalized spacial score (nSPS) is 17.1. The predicted molar refractivity (Wildman–Crippen MR) is 147 cm³/mol. The maximum atomic E-state index is 11.7. The molecular weight excluding hydrogens is 428 g/mol. The van der Waals surface area contributed by atoms with Crippen LogP contribution in [0.3, 0.4) is 0 Å². The standard InChI is InChI=1S/C32H30N2O/c1-4-20-11-14-22(15-12-20)33-26-16-18-28-31-29(23-9-7-8-10-24(23)32(35)30(26)31)25-19-21(5-2)13-17-27(25)34(28)6-3/h7-19,28,35H,4-6H2,1-3H3. The highest BCUT2D eigenvalue weighted by Gasteiger charge is 2.37. The first-order valence-electron chi connectivity index (χ1n) is 12.7. The Labute approximate surface area is 207 Å². The Balaban J connectivity index is 1.69. The fraction of sp³-hybridized carbons (Fsp3) is 0.219. The van der Waals surface area contributed by atoms with E-state index < -0.39 is 0 Å². The van der Waals surface area contributed by atoms with Gasteiger partial charge in [0, 0.05) is 34.3 Å². The summed E-state index contributed by atoms with van der Waals surface area (Å²) in [6.07, 6.45) is 6.33. The highest BCUT2D eigenvalue weighted by atomic mass is 16.3. The number of allylic oxidation sites excluding steroid dienone is 1. The van der Waals surface area contributed by atoms with Crippen molar-refractivity contribution in [2.75, 3.05) is 11.4 Å². The quantitative estimate of drug-likeness (QED) is 0.337. The van der Waals surface area contributed by atoms with Crippen LogP contribution in [0.4, 0.5) is 11.4 Å². The fourth-order valence-corrected chi connectivity index (χ4v) is 5.72. The smallest absolute Gasteiger partial charge is 0.133 e. The van der Waals surface area contributed by atoms with Gasteiger partial charge < -0.3 is 10.0 Å². The van der Waals surface area contributed by atoms with E-state index in [4.69, 9.17) is 4.99 Å². The van der Waals surface area contributed by atoms with Crippen LogP contribution in [0.25, 0.3) is 21.9 Å². The number of hydrogen-bond donors (Lipinski definition) is 1. The van der Waals surface area contributed by atoms with Crippen LogP contribution < -0.4 is 4.90 Å². The summed E-state index contributed by atoms with van der Waals surface area (Å²) in [7, 11) is 0. The van der Waals surface area contributed by atoms with Gasteiger partial charge in [0.2, 0.25) is 0 Å². The minimum atomic E-state index is 0.0573. The zero-order valence-corrected chi connectivity index (χ0v) is 20.5. The molecule has 0 radical (unpaired) electrons. The molecule has 0 amide bonds. The maximum Gasteiger partial charge on any atom is 0.133 e. The van der Waals surface area contributed by atoms with Crippen LogP contribution in [0.5, 0.6) is 5.75 Å². The van der Waals surface area contributed by atoms with Crippen LogP contribution >= 0.6 is 0 Å². The molecule has 0 bridgehead atoms. The van der Waals surface area contributed by atoms with E-state index in [9.17, 15) is 5.11 Å². The fourth-order valence-electron chi connectivity index (χ4n) is 5.72. The zero-order chi connectivity index (χ0) is 24.1. The van der Waals surface area contributed by atoms with Gasteiger partial charge in [0.05, 0.1) is 17.4 Å². The molecule has 4 aromatic rings. The van der Waals surface area contributed by atoms with Gasteiger partial charge in [-0.15, -0.1) is 0 Å². The van der Waals surface area contributed by atoms with Crippen molar-refractivity contribution in [1.82, 2.24) is 0 Å². The summed E-state index contributed by atoms with van der Waals surface area (Å²) in [4.78, 5) is 7.47. The second kappa shape index (κ2) is 8.42. The Morgan fingerprint density at radius 2 is 1.54 bits per heavy atom. The number of aliphatic imine (C=N–C) groups is 1. The molecule has 0 saturated heterocycles. The maximum absolute atomic E-state index is 11.7. The molecular formula is C32H30N2O. The van der Waals surface area contributed by atoms with Gasteiger partial charge in [0.1, 0.15) is 5.75 Å². The molecule has 0 spiro atoms. The molecule has 35 heavy (non-hydrogen) atoms. The zero-order valence-electron chi connectivity index (χ0n) is 20.5. The van der Waals surface area contributed by atoms with Gasteiger partial charge in [-0.05, 0) is 72.2 Å². The number of phenols is 1. The summed E-state index contributed by atoms with van der Waals surface area (Å²) < 4.78 is 0. The number of aromatic hydroxyl groups is 1. The lowest BCUT2D eigenvalue weighted by molar-refractivity contribution is 0.479. The number of nitrogens with zero attached hydrogens (tertiary/aromatic N) is 2. The van der Waals surface area contributed by atoms with Crippen molar-refractivity contribution < 1.29 is 5.11 Å². The molecule has 6 rings (SSSR count). The summed E-state index contributed by atoms with van der Waals surface area (Å²) in [5.41, 5.74) is 10.1. The van der Waals surface area contributed by atoms with E-state index in [1.165, 1.54) is 27.9 Å². The first kappa shape index (κ1) is 21.7.